The third-order valence-electron chi connectivity index (χ3n) is 4.95. The third-order valence-corrected chi connectivity index (χ3v) is 4.95. The van der Waals surface area contributed by atoms with E-state index in [-0.39, 0.29) is 24.8 Å². The number of morpholine rings is 1. The second-order valence-electron chi connectivity index (χ2n) is 7.46. The normalized spacial score (nSPS) is 19.9. The summed E-state index contributed by atoms with van der Waals surface area (Å²) in [6.07, 6.45) is 2.30. The molecule has 8 heteroatoms. The van der Waals surface area contributed by atoms with Crippen molar-refractivity contribution in [2.75, 3.05) is 18.4 Å². The second-order valence-corrected chi connectivity index (χ2v) is 7.46. The zero-order valence-electron chi connectivity index (χ0n) is 16.7. The number of aromatic nitrogens is 3. The van der Waals surface area contributed by atoms with Gasteiger partial charge in [-0.25, -0.2) is 4.79 Å². The number of pyridine rings is 1. The number of rotatable bonds is 5. The van der Waals surface area contributed by atoms with Crippen molar-refractivity contribution in [3.05, 3.63) is 60.0 Å². The van der Waals surface area contributed by atoms with Crippen molar-refractivity contribution >= 4 is 17.4 Å². The lowest BCUT2D eigenvalue weighted by atomic mass is 10.1. The molecule has 1 aromatic carbocycles. The van der Waals surface area contributed by atoms with Gasteiger partial charge in [-0.05, 0) is 37.6 Å². The first-order valence-electron chi connectivity index (χ1n) is 9.87. The highest BCUT2D eigenvalue weighted by molar-refractivity contribution is 5.90. The van der Waals surface area contributed by atoms with Crippen LogP contribution in [0.25, 0.3) is 5.65 Å². The number of para-hydroxylation sites is 1. The standard InChI is InChI=1S/C21H26N6O2/c1-15-12-26(13-16(2)29-15)14-17-7-3-4-8-18(17)23-21(28)22-11-20-25-24-19-9-5-6-10-27(19)20/h3-10,15-16H,11-14H2,1-2H3,(H2,22,23,28). The molecule has 2 aromatic heterocycles. The van der Waals surface area contributed by atoms with Gasteiger partial charge in [0.1, 0.15) is 0 Å². The van der Waals surface area contributed by atoms with Crippen LogP contribution in [0.15, 0.2) is 48.7 Å². The maximum Gasteiger partial charge on any atom is 0.319 e. The quantitative estimate of drug-likeness (QED) is 0.695. The molecule has 1 aliphatic rings. The van der Waals surface area contributed by atoms with Crippen LogP contribution in [0.3, 0.4) is 0 Å². The molecule has 3 heterocycles. The van der Waals surface area contributed by atoms with Crippen LogP contribution >= 0.6 is 0 Å². The Balaban J connectivity index is 1.38. The predicted molar refractivity (Wildman–Crippen MR) is 111 cm³/mol. The van der Waals surface area contributed by atoms with E-state index >= 15 is 0 Å². The molecule has 0 bridgehead atoms. The zero-order valence-corrected chi connectivity index (χ0v) is 16.7. The van der Waals surface area contributed by atoms with E-state index in [9.17, 15) is 4.79 Å². The highest BCUT2D eigenvalue weighted by atomic mass is 16.5. The summed E-state index contributed by atoms with van der Waals surface area (Å²) in [4.78, 5) is 14.8. The van der Waals surface area contributed by atoms with E-state index in [0.717, 1.165) is 36.5 Å². The van der Waals surface area contributed by atoms with Crippen LogP contribution in [0.5, 0.6) is 0 Å². The number of hydrogen-bond acceptors (Lipinski definition) is 5. The molecule has 2 unspecified atom stereocenters. The Labute approximate surface area is 169 Å². The van der Waals surface area contributed by atoms with Crippen molar-refractivity contribution in [1.82, 2.24) is 24.8 Å². The fourth-order valence-electron chi connectivity index (χ4n) is 3.77. The maximum atomic E-state index is 12.5. The summed E-state index contributed by atoms with van der Waals surface area (Å²) in [5.41, 5.74) is 2.64. The fraction of sp³-hybridized carbons (Fsp3) is 0.381. The van der Waals surface area contributed by atoms with Crippen LogP contribution in [-0.2, 0) is 17.8 Å². The summed E-state index contributed by atoms with van der Waals surface area (Å²) in [7, 11) is 0. The van der Waals surface area contributed by atoms with Crippen LogP contribution in [0.4, 0.5) is 10.5 Å². The smallest absolute Gasteiger partial charge is 0.319 e. The number of urea groups is 1. The Bertz CT molecular complexity index is 978. The summed E-state index contributed by atoms with van der Waals surface area (Å²) in [6.45, 7) is 7.00. The minimum absolute atomic E-state index is 0.208. The molecule has 2 atom stereocenters. The molecule has 152 valence electrons. The minimum Gasteiger partial charge on any atom is -0.373 e. The van der Waals surface area contributed by atoms with E-state index in [1.54, 1.807) is 0 Å². The lowest BCUT2D eigenvalue weighted by Crippen LogP contribution is -2.44. The van der Waals surface area contributed by atoms with Crippen molar-refractivity contribution in [3.63, 3.8) is 0 Å². The summed E-state index contributed by atoms with van der Waals surface area (Å²) in [5, 5.41) is 14.1. The molecule has 0 radical (unpaired) electrons. The van der Waals surface area contributed by atoms with Crippen molar-refractivity contribution in [2.24, 2.45) is 0 Å². The number of amides is 2. The number of nitrogens with one attached hydrogen (secondary N) is 2. The van der Waals surface area contributed by atoms with Gasteiger partial charge in [0.2, 0.25) is 0 Å². The molecule has 29 heavy (non-hydrogen) atoms. The van der Waals surface area contributed by atoms with Gasteiger partial charge < -0.3 is 15.4 Å². The summed E-state index contributed by atoms with van der Waals surface area (Å²) in [6, 6.07) is 13.3. The molecule has 0 saturated carbocycles. The van der Waals surface area contributed by atoms with E-state index in [2.05, 4.69) is 39.6 Å². The molecule has 8 nitrogen and oxygen atoms in total. The second kappa shape index (κ2) is 8.59. The molecule has 2 amide bonds. The maximum absolute atomic E-state index is 12.5. The molecule has 1 fully saturated rings. The van der Waals surface area contributed by atoms with Gasteiger partial charge in [-0.15, -0.1) is 10.2 Å². The van der Waals surface area contributed by atoms with Crippen molar-refractivity contribution in [1.29, 1.82) is 0 Å². The summed E-state index contributed by atoms with van der Waals surface area (Å²) < 4.78 is 7.67. The number of carbonyl (C=O) groups is 1. The monoisotopic (exact) mass is 394 g/mol. The van der Waals surface area contributed by atoms with Crippen LogP contribution < -0.4 is 10.6 Å². The van der Waals surface area contributed by atoms with Gasteiger partial charge in [-0.1, -0.05) is 24.3 Å². The molecule has 1 aliphatic heterocycles. The number of ether oxygens (including phenoxy) is 1. The van der Waals surface area contributed by atoms with Crippen LogP contribution in [0.2, 0.25) is 0 Å². The lowest BCUT2D eigenvalue weighted by molar-refractivity contribution is -0.0704. The summed E-state index contributed by atoms with van der Waals surface area (Å²) >= 11 is 0. The number of benzene rings is 1. The predicted octanol–water partition coefficient (Wildman–Crippen LogP) is 2.66. The van der Waals surface area contributed by atoms with E-state index in [0.29, 0.717) is 5.82 Å². The Hall–Kier alpha value is -2.97. The average molecular weight is 394 g/mol. The number of nitrogens with zero attached hydrogens (tertiary/aromatic N) is 4. The van der Waals surface area contributed by atoms with E-state index in [1.165, 1.54) is 0 Å². The number of hydrogen-bond donors (Lipinski definition) is 2. The van der Waals surface area contributed by atoms with Crippen molar-refractivity contribution in [3.8, 4) is 0 Å². The molecule has 0 aliphatic carbocycles. The van der Waals surface area contributed by atoms with Gasteiger partial charge in [0.15, 0.2) is 11.5 Å². The number of fused-ring (bicyclic) bond motifs is 1. The molecule has 1 saturated heterocycles. The van der Waals surface area contributed by atoms with Crippen LogP contribution in [0.1, 0.15) is 25.2 Å². The number of anilines is 1. The Morgan fingerprint density at radius 1 is 1.10 bits per heavy atom. The molecular weight excluding hydrogens is 368 g/mol. The Morgan fingerprint density at radius 3 is 2.69 bits per heavy atom. The zero-order chi connectivity index (χ0) is 20.2. The molecule has 2 N–H and O–H groups in total. The molecule has 0 spiro atoms. The highest BCUT2D eigenvalue weighted by Gasteiger charge is 2.22. The number of carbonyl (C=O) groups excluding carboxylic acids is 1. The highest BCUT2D eigenvalue weighted by Crippen LogP contribution is 2.20. The van der Waals surface area contributed by atoms with Gasteiger partial charge in [0.25, 0.3) is 0 Å². The average Bonchev–Trinajstić information content (AvgIpc) is 3.10. The Kier molecular flexibility index (Phi) is 5.73. The molecule has 3 aromatic rings. The van der Waals surface area contributed by atoms with Crippen LogP contribution in [0, 0.1) is 0 Å². The van der Waals surface area contributed by atoms with E-state index in [4.69, 9.17) is 4.74 Å². The van der Waals surface area contributed by atoms with Gasteiger partial charge in [0, 0.05) is 31.5 Å². The third kappa shape index (κ3) is 4.72. The molecule has 4 rings (SSSR count). The fourth-order valence-corrected chi connectivity index (χ4v) is 3.77. The van der Waals surface area contributed by atoms with Crippen LogP contribution in [-0.4, -0.2) is 50.8 Å². The van der Waals surface area contributed by atoms with Gasteiger partial charge in [-0.2, -0.15) is 0 Å². The minimum atomic E-state index is -0.270. The largest absolute Gasteiger partial charge is 0.373 e. The Morgan fingerprint density at radius 2 is 1.86 bits per heavy atom. The van der Waals surface area contributed by atoms with Crippen molar-refractivity contribution < 1.29 is 9.53 Å². The molecular formula is C21H26N6O2. The topological polar surface area (TPSA) is 83.8 Å². The lowest BCUT2D eigenvalue weighted by Gasteiger charge is -2.35. The SMILES string of the molecule is CC1CN(Cc2ccccc2NC(=O)NCc2nnc3ccccn23)CC(C)O1. The first-order chi connectivity index (χ1) is 14.1. The van der Waals surface area contributed by atoms with Gasteiger partial charge >= 0.3 is 6.03 Å². The van der Waals surface area contributed by atoms with Gasteiger partial charge in [0.05, 0.1) is 18.8 Å². The van der Waals surface area contributed by atoms with E-state index < -0.39 is 0 Å². The van der Waals surface area contributed by atoms with Crippen molar-refractivity contribution in [2.45, 2.75) is 39.1 Å². The van der Waals surface area contributed by atoms with E-state index in [1.807, 2.05) is 53.1 Å². The summed E-state index contributed by atoms with van der Waals surface area (Å²) in [5.74, 6) is 0.681. The van der Waals surface area contributed by atoms with Gasteiger partial charge in [-0.3, -0.25) is 9.30 Å². The first kappa shape index (κ1) is 19.4. The first-order valence-corrected chi connectivity index (χ1v) is 9.87.